The van der Waals surface area contributed by atoms with Gasteiger partial charge in [0.25, 0.3) is 0 Å². The lowest BCUT2D eigenvalue weighted by molar-refractivity contribution is 1.10. The van der Waals surface area contributed by atoms with E-state index in [4.69, 9.17) is 11.6 Å². The summed E-state index contributed by atoms with van der Waals surface area (Å²) in [6.45, 7) is 0.677. The number of hydrazine groups is 1. The summed E-state index contributed by atoms with van der Waals surface area (Å²) in [7, 11) is 0. The molecular weight excluding hydrogens is 304 g/mol. The maximum atomic E-state index is 5.55. The molecule has 0 atom stereocenters. The minimum atomic E-state index is 0.176. The van der Waals surface area contributed by atoms with Crippen molar-refractivity contribution in [2.24, 2.45) is 5.84 Å². The maximum Gasteiger partial charge on any atom is 0.223 e. The van der Waals surface area contributed by atoms with Gasteiger partial charge in [-0.25, -0.2) is 5.84 Å². The van der Waals surface area contributed by atoms with Gasteiger partial charge in [0.1, 0.15) is 11.6 Å². The zero-order valence-corrected chi connectivity index (χ0v) is 11.2. The molecular formula is C9H11BrN6S. The Bertz CT molecular complexity index is 514. The van der Waals surface area contributed by atoms with E-state index in [-0.39, 0.29) is 5.95 Å². The van der Waals surface area contributed by atoms with Crippen molar-refractivity contribution in [1.82, 2.24) is 9.97 Å². The van der Waals surface area contributed by atoms with Crippen LogP contribution in [0, 0.1) is 0 Å². The largest absolute Gasteiger partial charge is 0.368 e. The Hall–Kier alpha value is -1.38. The van der Waals surface area contributed by atoms with Crippen molar-refractivity contribution in [2.75, 3.05) is 16.5 Å². The highest BCUT2D eigenvalue weighted by atomic mass is 79.9. The van der Waals surface area contributed by atoms with Crippen molar-refractivity contribution >= 4 is 44.9 Å². The molecule has 0 spiro atoms. The van der Waals surface area contributed by atoms with Gasteiger partial charge in [-0.05, 0) is 28.1 Å². The molecule has 17 heavy (non-hydrogen) atoms. The highest BCUT2D eigenvalue weighted by molar-refractivity contribution is 9.11. The van der Waals surface area contributed by atoms with Crippen molar-refractivity contribution in [3.05, 3.63) is 26.9 Å². The van der Waals surface area contributed by atoms with Gasteiger partial charge in [0.2, 0.25) is 5.95 Å². The van der Waals surface area contributed by atoms with Crippen LogP contribution in [0.25, 0.3) is 0 Å². The number of nitrogen functional groups attached to an aromatic ring is 2. The smallest absolute Gasteiger partial charge is 0.223 e. The first-order valence-corrected chi connectivity index (χ1v) is 6.37. The number of halogens is 1. The predicted octanol–water partition coefficient (Wildman–Crippen LogP) is 1.78. The van der Waals surface area contributed by atoms with Crippen LogP contribution in [-0.2, 0) is 6.54 Å². The van der Waals surface area contributed by atoms with E-state index < -0.39 is 0 Å². The lowest BCUT2D eigenvalue weighted by Crippen LogP contribution is -2.11. The molecule has 0 aromatic carbocycles. The SMILES string of the molecule is NNc1cc(NCc2ccc(Br)s2)nc(N)n1. The Kier molecular flexibility index (Phi) is 3.77. The monoisotopic (exact) mass is 314 g/mol. The van der Waals surface area contributed by atoms with E-state index in [1.54, 1.807) is 17.4 Å². The summed E-state index contributed by atoms with van der Waals surface area (Å²) in [5.41, 5.74) is 7.98. The van der Waals surface area contributed by atoms with E-state index in [0.717, 1.165) is 3.79 Å². The Labute approximate surface area is 111 Å². The topological polar surface area (TPSA) is 102 Å². The molecule has 0 aliphatic carbocycles. The van der Waals surface area contributed by atoms with Gasteiger partial charge in [0.05, 0.1) is 10.3 Å². The van der Waals surface area contributed by atoms with E-state index >= 15 is 0 Å². The van der Waals surface area contributed by atoms with Gasteiger partial charge in [0.15, 0.2) is 0 Å². The Morgan fingerprint density at radius 2 is 2.06 bits per heavy atom. The number of hydrogen-bond acceptors (Lipinski definition) is 7. The summed E-state index contributed by atoms with van der Waals surface area (Å²) in [6.07, 6.45) is 0. The quantitative estimate of drug-likeness (QED) is 0.507. The average molecular weight is 315 g/mol. The zero-order valence-electron chi connectivity index (χ0n) is 8.77. The van der Waals surface area contributed by atoms with Crippen LogP contribution in [0.1, 0.15) is 4.88 Å². The van der Waals surface area contributed by atoms with Gasteiger partial charge in [-0.2, -0.15) is 9.97 Å². The number of nitrogens with one attached hydrogen (secondary N) is 2. The molecule has 2 aromatic heterocycles. The van der Waals surface area contributed by atoms with Crippen molar-refractivity contribution in [2.45, 2.75) is 6.54 Å². The van der Waals surface area contributed by atoms with Crippen molar-refractivity contribution < 1.29 is 0 Å². The molecule has 2 aromatic rings. The molecule has 0 radical (unpaired) electrons. The number of nitrogens with two attached hydrogens (primary N) is 2. The number of hydrogen-bond donors (Lipinski definition) is 4. The lowest BCUT2D eigenvalue weighted by atomic mass is 10.4. The van der Waals surface area contributed by atoms with Gasteiger partial charge < -0.3 is 16.5 Å². The minimum absolute atomic E-state index is 0.176. The molecule has 0 aliphatic heterocycles. The highest BCUT2D eigenvalue weighted by Gasteiger charge is 2.02. The van der Waals surface area contributed by atoms with E-state index in [1.165, 1.54) is 4.88 Å². The second-order valence-corrected chi connectivity index (χ2v) is 5.75. The van der Waals surface area contributed by atoms with Gasteiger partial charge in [-0.1, -0.05) is 0 Å². The number of rotatable bonds is 4. The summed E-state index contributed by atoms with van der Waals surface area (Å²) < 4.78 is 1.10. The standard InChI is InChI=1S/C9H11BrN6S/c10-6-2-1-5(17-6)4-13-7-3-8(16-12)15-9(11)14-7/h1-3H,4,12H2,(H4,11,13,14,15,16). The lowest BCUT2D eigenvalue weighted by Gasteiger charge is -2.06. The Balaban J connectivity index is 2.05. The Morgan fingerprint density at radius 3 is 2.71 bits per heavy atom. The summed E-state index contributed by atoms with van der Waals surface area (Å²) in [4.78, 5) is 9.14. The summed E-state index contributed by atoms with van der Waals surface area (Å²) >= 11 is 5.07. The van der Waals surface area contributed by atoms with Crippen molar-refractivity contribution in [1.29, 1.82) is 0 Å². The third kappa shape index (κ3) is 3.29. The first-order chi connectivity index (χ1) is 8.17. The molecule has 0 unspecified atom stereocenters. The molecule has 0 amide bonds. The molecule has 6 N–H and O–H groups in total. The van der Waals surface area contributed by atoms with Crippen LogP contribution in [0.4, 0.5) is 17.6 Å². The van der Waals surface area contributed by atoms with E-state index in [9.17, 15) is 0 Å². The minimum Gasteiger partial charge on any atom is -0.368 e. The molecule has 0 aliphatic rings. The second-order valence-electron chi connectivity index (χ2n) is 3.20. The molecule has 90 valence electrons. The van der Waals surface area contributed by atoms with Crippen molar-refractivity contribution in [3.8, 4) is 0 Å². The van der Waals surface area contributed by atoms with Crippen LogP contribution < -0.4 is 22.3 Å². The van der Waals surface area contributed by atoms with Crippen LogP contribution >= 0.6 is 27.3 Å². The van der Waals surface area contributed by atoms with Gasteiger partial charge in [-0.3, -0.25) is 0 Å². The molecule has 8 heteroatoms. The molecule has 0 saturated carbocycles. The van der Waals surface area contributed by atoms with Crippen LogP contribution in [0.3, 0.4) is 0 Å². The zero-order chi connectivity index (χ0) is 12.3. The van der Waals surface area contributed by atoms with Crippen molar-refractivity contribution in [3.63, 3.8) is 0 Å². The van der Waals surface area contributed by atoms with Crippen LogP contribution in [-0.4, -0.2) is 9.97 Å². The fraction of sp³-hybridized carbons (Fsp3) is 0.111. The summed E-state index contributed by atoms with van der Waals surface area (Å²) in [6, 6.07) is 5.73. The molecule has 2 rings (SSSR count). The third-order valence-corrected chi connectivity index (χ3v) is 3.59. The van der Waals surface area contributed by atoms with Gasteiger partial charge >= 0.3 is 0 Å². The third-order valence-electron chi connectivity index (χ3n) is 1.96. The first kappa shape index (κ1) is 12.1. The van der Waals surface area contributed by atoms with Gasteiger partial charge in [0, 0.05) is 10.9 Å². The average Bonchev–Trinajstić information content (AvgIpc) is 2.72. The summed E-state index contributed by atoms with van der Waals surface area (Å²) in [5, 5.41) is 3.15. The number of aromatic nitrogens is 2. The summed E-state index contributed by atoms with van der Waals surface area (Å²) in [5.74, 6) is 6.56. The molecule has 0 fully saturated rings. The molecule has 6 nitrogen and oxygen atoms in total. The molecule has 0 saturated heterocycles. The van der Waals surface area contributed by atoms with E-state index in [0.29, 0.717) is 18.2 Å². The van der Waals surface area contributed by atoms with Gasteiger partial charge in [-0.15, -0.1) is 11.3 Å². The fourth-order valence-corrected chi connectivity index (χ4v) is 2.68. The highest BCUT2D eigenvalue weighted by Crippen LogP contribution is 2.23. The maximum absolute atomic E-state index is 5.55. The van der Waals surface area contributed by atoms with E-state index in [2.05, 4.69) is 36.6 Å². The molecule has 2 heterocycles. The normalized spacial score (nSPS) is 10.2. The van der Waals surface area contributed by atoms with Crippen LogP contribution in [0.15, 0.2) is 22.0 Å². The number of anilines is 3. The second kappa shape index (κ2) is 5.30. The van der Waals surface area contributed by atoms with Crippen LogP contribution in [0.5, 0.6) is 0 Å². The molecule has 0 bridgehead atoms. The number of thiophene rings is 1. The number of nitrogens with zero attached hydrogens (tertiary/aromatic N) is 2. The first-order valence-electron chi connectivity index (χ1n) is 4.76. The fourth-order valence-electron chi connectivity index (χ4n) is 1.25. The van der Waals surface area contributed by atoms with Crippen LogP contribution in [0.2, 0.25) is 0 Å². The Morgan fingerprint density at radius 1 is 1.29 bits per heavy atom. The van der Waals surface area contributed by atoms with E-state index in [1.807, 2.05) is 12.1 Å². The predicted molar refractivity (Wildman–Crippen MR) is 73.6 cm³/mol.